The summed E-state index contributed by atoms with van der Waals surface area (Å²) in [4.78, 5) is 12.6. The maximum absolute atomic E-state index is 13.5. The summed E-state index contributed by atoms with van der Waals surface area (Å²) in [6.07, 6.45) is 0. The molecule has 5 heteroatoms. The normalized spacial score (nSPS) is 10.1. The second-order valence-electron chi connectivity index (χ2n) is 3.67. The number of hydrogen-bond acceptors (Lipinski definition) is 4. The Kier molecular flexibility index (Phi) is 4.61. The van der Waals surface area contributed by atoms with Crippen molar-refractivity contribution in [2.24, 2.45) is 0 Å². The first-order chi connectivity index (χ1) is 8.06. The molecule has 0 radical (unpaired) electrons. The Hall–Kier alpha value is -1.93. The molecule has 0 unspecified atom stereocenters. The van der Waals surface area contributed by atoms with E-state index >= 15 is 0 Å². The van der Waals surface area contributed by atoms with Crippen molar-refractivity contribution in [1.29, 1.82) is 5.26 Å². The monoisotopic (exact) mass is 236 g/mol. The minimum Gasteiger partial charge on any atom is -0.468 e. The minimum absolute atomic E-state index is 0.0932. The average Bonchev–Trinajstić information content (AvgIpc) is 2.31. The largest absolute Gasteiger partial charge is 0.468 e. The molecular formula is C12H13FN2O2. The quantitative estimate of drug-likeness (QED) is 0.739. The molecule has 17 heavy (non-hydrogen) atoms. The number of esters is 1. The molecule has 0 aliphatic heterocycles. The molecule has 4 nitrogen and oxygen atoms in total. The van der Waals surface area contributed by atoms with Crippen molar-refractivity contribution < 1.29 is 13.9 Å². The number of rotatable bonds is 4. The van der Waals surface area contributed by atoms with Crippen molar-refractivity contribution in [2.45, 2.75) is 6.54 Å². The number of likely N-dealkylation sites (N-methyl/N-ethyl adjacent to an activating group) is 1. The number of carbonyl (C=O) groups is 1. The predicted octanol–water partition coefficient (Wildman–Crippen LogP) is 1.30. The number of carbonyl (C=O) groups excluding carboxylic acids is 1. The lowest BCUT2D eigenvalue weighted by Crippen LogP contribution is -2.26. The van der Waals surface area contributed by atoms with Gasteiger partial charge in [-0.3, -0.25) is 9.69 Å². The summed E-state index contributed by atoms with van der Waals surface area (Å²) in [6.45, 7) is 0.378. The van der Waals surface area contributed by atoms with Crippen LogP contribution in [0.3, 0.4) is 0 Å². The van der Waals surface area contributed by atoms with Gasteiger partial charge in [0.05, 0.1) is 25.3 Å². The van der Waals surface area contributed by atoms with E-state index in [9.17, 15) is 9.18 Å². The van der Waals surface area contributed by atoms with Gasteiger partial charge in [0.25, 0.3) is 0 Å². The second-order valence-corrected chi connectivity index (χ2v) is 3.67. The molecule has 0 spiro atoms. The molecule has 1 aromatic rings. The maximum atomic E-state index is 13.5. The van der Waals surface area contributed by atoms with E-state index in [2.05, 4.69) is 4.74 Å². The average molecular weight is 236 g/mol. The van der Waals surface area contributed by atoms with Gasteiger partial charge in [-0.15, -0.1) is 0 Å². The summed E-state index contributed by atoms with van der Waals surface area (Å²) >= 11 is 0. The Morgan fingerprint density at radius 2 is 2.29 bits per heavy atom. The smallest absolute Gasteiger partial charge is 0.319 e. The Morgan fingerprint density at radius 3 is 2.82 bits per heavy atom. The van der Waals surface area contributed by atoms with Gasteiger partial charge in [0.15, 0.2) is 0 Å². The highest BCUT2D eigenvalue weighted by molar-refractivity contribution is 5.71. The van der Waals surface area contributed by atoms with E-state index in [0.717, 1.165) is 0 Å². The molecule has 0 aliphatic carbocycles. The van der Waals surface area contributed by atoms with Crippen molar-refractivity contribution in [2.75, 3.05) is 20.7 Å². The van der Waals surface area contributed by atoms with E-state index in [4.69, 9.17) is 5.26 Å². The zero-order valence-corrected chi connectivity index (χ0v) is 9.74. The molecule has 0 bridgehead atoms. The van der Waals surface area contributed by atoms with Gasteiger partial charge >= 0.3 is 5.97 Å². The lowest BCUT2D eigenvalue weighted by molar-refractivity contribution is -0.141. The molecule has 0 fully saturated rings. The van der Waals surface area contributed by atoms with E-state index < -0.39 is 5.82 Å². The molecule has 0 atom stereocenters. The molecule has 0 heterocycles. The summed E-state index contributed by atoms with van der Waals surface area (Å²) in [5, 5.41) is 8.60. The van der Waals surface area contributed by atoms with Crippen LogP contribution in [-0.2, 0) is 16.1 Å². The van der Waals surface area contributed by atoms with Gasteiger partial charge in [-0.1, -0.05) is 6.07 Å². The fraction of sp³-hybridized carbons (Fsp3) is 0.333. The van der Waals surface area contributed by atoms with Crippen molar-refractivity contribution in [3.05, 3.63) is 35.1 Å². The SMILES string of the molecule is COC(=O)CN(C)Cc1ccc(C#N)cc1F. The molecule has 0 aliphatic rings. The lowest BCUT2D eigenvalue weighted by atomic mass is 10.1. The second kappa shape index (κ2) is 5.97. The van der Waals surface area contributed by atoms with Crippen LogP contribution in [0.25, 0.3) is 0 Å². The molecule has 90 valence electrons. The number of benzene rings is 1. The van der Waals surface area contributed by atoms with Gasteiger partial charge in [0.2, 0.25) is 0 Å². The van der Waals surface area contributed by atoms with Gasteiger partial charge in [-0.2, -0.15) is 5.26 Å². The minimum atomic E-state index is -0.444. The first-order valence-electron chi connectivity index (χ1n) is 5.00. The Morgan fingerprint density at radius 1 is 1.59 bits per heavy atom. The Bertz CT molecular complexity index is 454. The Labute approximate surface area is 99.2 Å². The molecule has 0 amide bonds. The third-order valence-electron chi connectivity index (χ3n) is 2.25. The van der Waals surface area contributed by atoms with Gasteiger partial charge in [-0.05, 0) is 19.2 Å². The number of nitriles is 1. The van der Waals surface area contributed by atoms with E-state index in [-0.39, 0.29) is 24.6 Å². The maximum Gasteiger partial charge on any atom is 0.319 e. The van der Waals surface area contributed by atoms with Crippen LogP contribution in [0.1, 0.15) is 11.1 Å². The summed E-state index contributed by atoms with van der Waals surface area (Å²) in [5.41, 5.74) is 0.720. The summed E-state index contributed by atoms with van der Waals surface area (Å²) in [6, 6.07) is 6.13. The van der Waals surface area contributed by atoms with Gasteiger partial charge in [0.1, 0.15) is 5.82 Å². The van der Waals surface area contributed by atoms with Crippen LogP contribution < -0.4 is 0 Å². The van der Waals surface area contributed by atoms with Gasteiger partial charge in [-0.25, -0.2) is 4.39 Å². The summed E-state index contributed by atoms with van der Waals surface area (Å²) in [7, 11) is 2.99. The first kappa shape index (κ1) is 13.1. The molecule has 0 saturated heterocycles. The van der Waals surface area contributed by atoms with Crippen LogP contribution in [0.4, 0.5) is 4.39 Å². The number of methoxy groups -OCH3 is 1. The van der Waals surface area contributed by atoms with Crippen LogP contribution >= 0.6 is 0 Å². The standard InChI is InChI=1S/C12H13FN2O2/c1-15(8-12(16)17-2)7-10-4-3-9(6-14)5-11(10)13/h3-5H,7-8H2,1-2H3. The van der Waals surface area contributed by atoms with Crippen LogP contribution in [0.2, 0.25) is 0 Å². The van der Waals surface area contributed by atoms with E-state index in [0.29, 0.717) is 5.56 Å². The van der Waals surface area contributed by atoms with Crippen LogP contribution in [0.15, 0.2) is 18.2 Å². The summed E-state index contributed by atoms with van der Waals surface area (Å²) < 4.78 is 18.0. The third-order valence-corrected chi connectivity index (χ3v) is 2.25. The molecule has 1 rings (SSSR count). The number of halogens is 1. The predicted molar refractivity (Wildman–Crippen MR) is 59.5 cm³/mol. The molecular weight excluding hydrogens is 223 g/mol. The van der Waals surface area contributed by atoms with Crippen LogP contribution in [0, 0.1) is 17.1 Å². The molecule has 1 aromatic carbocycles. The van der Waals surface area contributed by atoms with Crippen molar-refractivity contribution >= 4 is 5.97 Å². The zero-order chi connectivity index (χ0) is 12.8. The van der Waals surface area contributed by atoms with Crippen molar-refractivity contribution in [3.63, 3.8) is 0 Å². The van der Waals surface area contributed by atoms with Crippen LogP contribution in [0.5, 0.6) is 0 Å². The van der Waals surface area contributed by atoms with E-state index in [1.807, 2.05) is 6.07 Å². The van der Waals surface area contributed by atoms with Crippen molar-refractivity contribution in [1.82, 2.24) is 4.90 Å². The molecule has 0 N–H and O–H groups in total. The van der Waals surface area contributed by atoms with Gasteiger partial charge < -0.3 is 4.74 Å². The van der Waals surface area contributed by atoms with Gasteiger partial charge in [0, 0.05) is 12.1 Å². The number of nitrogens with zero attached hydrogens (tertiary/aromatic N) is 2. The fourth-order valence-corrected chi connectivity index (χ4v) is 1.38. The number of ether oxygens (including phenoxy) is 1. The topological polar surface area (TPSA) is 53.3 Å². The third kappa shape index (κ3) is 3.85. The van der Waals surface area contributed by atoms with E-state index in [1.54, 1.807) is 24.1 Å². The Balaban J connectivity index is 2.69. The highest BCUT2D eigenvalue weighted by Crippen LogP contribution is 2.11. The lowest BCUT2D eigenvalue weighted by Gasteiger charge is -2.15. The van der Waals surface area contributed by atoms with E-state index in [1.165, 1.54) is 13.2 Å². The molecule has 0 aromatic heterocycles. The van der Waals surface area contributed by atoms with Crippen molar-refractivity contribution in [3.8, 4) is 6.07 Å². The van der Waals surface area contributed by atoms with Crippen LogP contribution in [-0.4, -0.2) is 31.6 Å². The highest BCUT2D eigenvalue weighted by Gasteiger charge is 2.10. The first-order valence-corrected chi connectivity index (χ1v) is 5.00. The summed E-state index contributed by atoms with van der Waals surface area (Å²) in [5.74, 6) is -0.817. The zero-order valence-electron chi connectivity index (χ0n) is 9.74. The fourth-order valence-electron chi connectivity index (χ4n) is 1.38. The molecule has 0 saturated carbocycles. The number of hydrogen-bond donors (Lipinski definition) is 0. The highest BCUT2D eigenvalue weighted by atomic mass is 19.1.